The van der Waals surface area contributed by atoms with Crippen molar-refractivity contribution in [2.45, 2.75) is 13.0 Å². The van der Waals surface area contributed by atoms with Gasteiger partial charge in [0, 0.05) is 5.56 Å². The molecule has 2 nitrogen and oxygen atoms in total. The Hall–Kier alpha value is -2.32. The maximum Gasteiger partial charge on any atom is 0.134 e. The fraction of sp³-hybridized carbons (Fsp3) is 0.111. The third kappa shape index (κ3) is 2.81. The molecule has 0 radical (unpaired) electrons. The van der Waals surface area contributed by atoms with Crippen LogP contribution >= 0.6 is 0 Å². The van der Waals surface area contributed by atoms with Gasteiger partial charge in [0.05, 0.1) is 6.54 Å². The van der Waals surface area contributed by atoms with Crippen LogP contribution in [-0.2, 0) is 13.0 Å². The van der Waals surface area contributed by atoms with Crippen molar-refractivity contribution in [1.29, 1.82) is 0 Å². The van der Waals surface area contributed by atoms with Gasteiger partial charge < -0.3 is 10.2 Å². The van der Waals surface area contributed by atoms with Crippen molar-refractivity contribution < 1.29 is 4.42 Å². The molecule has 3 aromatic rings. The zero-order valence-corrected chi connectivity index (χ0v) is 11.3. The van der Waals surface area contributed by atoms with Crippen molar-refractivity contribution >= 4 is 0 Å². The van der Waals surface area contributed by atoms with Crippen molar-refractivity contribution in [1.82, 2.24) is 0 Å². The van der Waals surface area contributed by atoms with Crippen LogP contribution in [0.15, 0.2) is 71.1 Å². The van der Waals surface area contributed by atoms with Crippen molar-refractivity contribution in [2.24, 2.45) is 5.73 Å². The van der Waals surface area contributed by atoms with Crippen LogP contribution < -0.4 is 5.73 Å². The minimum absolute atomic E-state index is 0.437. The van der Waals surface area contributed by atoms with Crippen LogP contribution in [-0.4, -0.2) is 0 Å². The number of nitrogens with two attached hydrogens (primary N) is 1. The van der Waals surface area contributed by atoms with E-state index in [0.29, 0.717) is 6.54 Å². The van der Waals surface area contributed by atoms with Crippen LogP contribution in [0.1, 0.15) is 16.9 Å². The molecule has 1 heterocycles. The lowest BCUT2D eigenvalue weighted by molar-refractivity contribution is 0.525. The van der Waals surface area contributed by atoms with E-state index in [1.54, 1.807) is 0 Å². The lowest BCUT2D eigenvalue weighted by atomic mass is 10.0. The van der Waals surface area contributed by atoms with Gasteiger partial charge in [-0.2, -0.15) is 0 Å². The normalized spacial score (nSPS) is 10.7. The Morgan fingerprint density at radius 1 is 0.750 bits per heavy atom. The molecule has 1 aromatic heterocycles. The second kappa shape index (κ2) is 5.76. The van der Waals surface area contributed by atoms with E-state index < -0.39 is 0 Å². The molecule has 2 aromatic carbocycles. The quantitative estimate of drug-likeness (QED) is 0.772. The van der Waals surface area contributed by atoms with Gasteiger partial charge in [-0.25, -0.2) is 0 Å². The highest BCUT2D eigenvalue weighted by atomic mass is 16.3. The van der Waals surface area contributed by atoms with Gasteiger partial charge in [-0.05, 0) is 29.7 Å². The van der Waals surface area contributed by atoms with Gasteiger partial charge in [0.1, 0.15) is 11.5 Å². The molecule has 0 aliphatic rings. The number of hydrogen-bond donors (Lipinski definition) is 1. The molecule has 3 rings (SSSR count). The fourth-order valence-corrected chi connectivity index (χ4v) is 2.26. The van der Waals surface area contributed by atoms with Crippen molar-refractivity contribution in [3.63, 3.8) is 0 Å². The van der Waals surface area contributed by atoms with Gasteiger partial charge in [0.15, 0.2) is 0 Å². The maximum absolute atomic E-state index is 5.65. The van der Waals surface area contributed by atoms with Crippen LogP contribution in [0.2, 0.25) is 0 Å². The molecule has 0 spiro atoms. The standard InChI is InChI=1S/C18H17NO/c19-13-17-10-11-18(20-17)16-8-6-15(7-9-16)12-14-4-2-1-3-5-14/h1-11H,12-13,19H2. The number of rotatable bonds is 4. The van der Waals surface area contributed by atoms with Crippen LogP contribution in [0.4, 0.5) is 0 Å². The highest BCUT2D eigenvalue weighted by molar-refractivity contribution is 5.58. The Morgan fingerprint density at radius 2 is 1.45 bits per heavy atom. The van der Waals surface area contributed by atoms with Gasteiger partial charge in [0.25, 0.3) is 0 Å². The van der Waals surface area contributed by atoms with Crippen molar-refractivity contribution in [3.8, 4) is 11.3 Å². The molecule has 20 heavy (non-hydrogen) atoms. The summed E-state index contributed by atoms with van der Waals surface area (Å²) in [6, 6.07) is 22.8. The highest BCUT2D eigenvalue weighted by Crippen LogP contribution is 2.23. The lowest BCUT2D eigenvalue weighted by Gasteiger charge is -2.03. The molecule has 0 atom stereocenters. The van der Waals surface area contributed by atoms with E-state index in [4.69, 9.17) is 10.2 Å². The lowest BCUT2D eigenvalue weighted by Crippen LogP contribution is -1.92. The van der Waals surface area contributed by atoms with Crippen LogP contribution in [0, 0.1) is 0 Å². The second-order valence-corrected chi connectivity index (χ2v) is 4.83. The monoisotopic (exact) mass is 263 g/mol. The van der Waals surface area contributed by atoms with E-state index in [0.717, 1.165) is 23.5 Å². The highest BCUT2D eigenvalue weighted by Gasteiger charge is 2.04. The molecule has 0 aliphatic carbocycles. The molecular weight excluding hydrogens is 246 g/mol. The average molecular weight is 263 g/mol. The molecule has 0 saturated heterocycles. The van der Waals surface area contributed by atoms with Crippen LogP contribution in [0.3, 0.4) is 0 Å². The molecule has 0 unspecified atom stereocenters. The summed E-state index contributed by atoms with van der Waals surface area (Å²) in [5.41, 5.74) is 9.26. The SMILES string of the molecule is NCc1ccc(-c2ccc(Cc3ccccc3)cc2)o1. The summed E-state index contributed by atoms with van der Waals surface area (Å²) in [5, 5.41) is 0. The molecular formula is C18H17NO. The van der Waals surface area contributed by atoms with E-state index >= 15 is 0 Å². The summed E-state index contributed by atoms with van der Waals surface area (Å²) in [6.45, 7) is 0.437. The minimum atomic E-state index is 0.437. The predicted octanol–water partition coefficient (Wildman–Crippen LogP) is 4.00. The van der Waals surface area contributed by atoms with E-state index in [1.165, 1.54) is 11.1 Å². The van der Waals surface area contributed by atoms with E-state index in [-0.39, 0.29) is 0 Å². The first-order chi connectivity index (χ1) is 9.85. The zero-order chi connectivity index (χ0) is 13.8. The van der Waals surface area contributed by atoms with E-state index in [2.05, 4.69) is 48.5 Å². The van der Waals surface area contributed by atoms with Crippen molar-refractivity contribution in [2.75, 3.05) is 0 Å². The zero-order valence-electron chi connectivity index (χ0n) is 11.3. The summed E-state index contributed by atoms with van der Waals surface area (Å²) < 4.78 is 5.65. The smallest absolute Gasteiger partial charge is 0.134 e. The first kappa shape index (κ1) is 12.7. The number of benzene rings is 2. The maximum atomic E-state index is 5.65. The largest absolute Gasteiger partial charge is 0.460 e. The van der Waals surface area contributed by atoms with E-state index in [1.807, 2.05) is 18.2 Å². The number of hydrogen-bond acceptors (Lipinski definition) is 2. The number of furan rings is 1. The first-order valence-electron chi connectivity index (χ1n) is 6.77. The second-order valence-electron chi connectivity index (χ2n) is 4.83. The van der Waals surface area contributed by atoms with Gasteiger partial charge in [-0.1, -0.05) is 54.6 Å². The molecule has 2 heteroatoms. The van der Waals surface area contributed by atoms with Gasteiger partial charge in [0.2, 0.25) is 0 Å². The predicted molar refractivity (Wildman–Crippen MR) is 81.3 cm³/mol. The van der Waals surface area contributed by atoms with Crippen LogP contribution in [0.25, 0.3) is 11.3 Å². The average Bonchev–Trinajstić information content (AvgIpc) is 2.98. The third-order valence-electron chi connectivity index (χ3n) is 3.35. The summed E-state index contributed by atoms with van der Waals surface area (Å²) in [7, 11) is 0. The summed E-state index contributed by atoms with van der Waals surface area (Å²) in [5.74, 6) is 1.69. The van der Waals surface area contributed by atoms with Gasteiger partial charge in [-0.3, -0.25) is 0 Å². The molecule has 0 bridgehead atoms. The summed E-state index contributed by atoms with van der Waals surface area (Å²) in [6.07, 6.45) is 0.952. The molecule has 100 valence electrons. The topological polar surface area (TPSA) is 39.2 Å². The summed E-state index contributed by atoms with van der Waals surface area (Å²) in [4.78, 5) is 0. The molecule has 0 fully saturated rings. The van der Waals surface area contributed by atoms with Crippen LogP contribution in [0.5, 0.6) is 0 Å². The summed E-state index contributed by atoms with van der Waals surface area (Å²) >= 11 is 0. The Kier molecular flexibility index (Phi) is 3.66. The van der Waals surface area contributed by atoms with Gasteiger partial charge in [-0.15, -0.1) is 0 Å². The Balaban J connectivity index is 1.77. The molecule has 2 N–H and O–H groups in total. The Morgan fingerprint density at radius 3 is 2.10 bits per heavy atom. The fourth-order valence-electron chi connectivity index (χ4n) is 2.26. The van der Waals surface area contributed by atoms with Crippen molar-refractivity contribution in [3.05, 3.63) is 83.6 Å². The molecule has 0 aliphatic heterocycles. The molecule has 0 saturated carbocycles. The minimum Gasteiger partial charge on any atom is -0.460 e. The van der Waals surface area contributed by atoms with E-state index in [9.17, 15) is 0 Å². The molecule has 0 amide bonds. The Bertz CT molecular complexity index is 668. The van der Waals surface area contributed by atoms with Gasteiger partial charge >= 0.3 is 0 Å². The third-order valence-corrected chi connectivity index (χ3v) is 3.35. The Labute approximate surface area is 118 Å². The first-order valence-corrected chi connectivity index (χ1v) is 6.77.